The maximum Gasteiger partial charge on any atom is 0.123 e. The van der Waals surface area contributed by atoms with Gasteiger partial charge in [0.2, 0.25) is 0 Å². The van der Waals surface area contributed by atoms with Crippen LogP contribution in [0.15, 0.2) is 22.7 Å². The van der Waals surface area contributed by atoms with E-state index in [1.165, 1.54) is 12.1 Å². The zero-order chi connectivity index (χ0) is 8.43. The Morgan fingerprint density at radius 3 is 2.45 bits per heavy atom. The zero-order valence-electron chi connectivity index (χ0n) is 6.49. The third kappa shape index (κ3) is 2.03. The number of hydrogen-bond donors (Lipinski definition) is 0. The summed E-state index contributed by atoms with van der Waals surface area (Å²) in [6, 6.07) is 4.69. The first-order chi connectivity index (χ1) is 5.11. The monoisotopic (exact) mass is 215 g/mol. The highest BCUT2D eigenvalue weighted by molar-refractivity contribution is 9.10. The van der Waals surface area contributed by atoms with E-state index < -0.39 is 0 Å². The Hall–Kier alpha value is -0.370. The molecular formula is C9H9BrF. The van der Waals surface area contributed by atoms with E-state index >= 15 is 0 Å². The van der Waals surface area contributed by atoms with Crippen molar-refractivity contribution < 1.29 is 4.39 Å². The molecule has 11 heavy (non-hydrogen) atoms. The van der Waals surface area contributed by atoms with Crippen LogP contribution in [0.25, 0.3) is 0 Å². The number of hydrogen-bond acceptors (Lipinski definition) is 0. The maximum atomic E-state index is 12.7. The number of rotatable bonds is 1. The van der Waals surface area contributed by atoms with Crippen molar-refractivity contribution in [2.45, 2.75) is 13.8 Å². The average Bonchev–Trinajstić information content (AvgIpc) is 1.94. The minimum absolute atomic E-state index is 0.190. The molecule has 0 N–H and O–H groups in total. The average molecular weight is 216 g/mol. The smallest absolute Gasteiger partial charge is 0.123 e. The van der Waals surface area contributed by atoms with Crippen LogP contribution in [0.3, 0.4) is 0 Å². The van der Waals surface area contributed by atoms with Crippen molar-refractivity contribution in [1.29, 1.82) is 0 Å². The number of benzene rings is 1. The molecule has 1 rings (SSSR count). The van der Waals surface area contributed by atoms with Gasteiger partial charge in [-0.3, -0.25) is 0 Å². The Labute approximate surface area is 74.6 Å². The van der Waals surface area contributed by atoms with Gasteiger partial charge in [-0.15, -0.1) is 0 Å². The molecule has 0 unspecified atom stereocenters. The highest BCUT2D eigenvalue weighted by Crippen LogP contribution is 2.24. The van der Waals surface area contributed by atoms with Crippen LogP contribution in [0.5, 0.6) is 0 Å². The second-order valence-electron chi connectivity index (χ2n) is 2.62. The van der Waals surface area contributed by atoms with Crippen LogP contribution in [0, 0.1) is 11.7 Å². The van der Waals surface area contributed by atoms with E-state index in [0.717, 1.165) is 16.0 Å². The van der Waals surface area contributed by atoms with Gasteiger partial charge >= 0.3 is 0 Å². The van der Waals surface area contributed by atoms with Gasteiger partial charge in [-0.1, -0.05) is 29.8 Å². The first-order valence-electron chi connectivity index (χ1n) is 3.37. The SMILES string of the molecule is C[C](C)c1cc(F)ccc1Br. The first kappa shape index (κ1) is 8.72. The summed E-state index contributed by atoms with van der Waals surface area (Å²) in [7, 11) is 0. The Bertz CT molecular complexity index is 256. The molecule has 0 saturated heterocycles. The summed E-state index contributed by atoms with van der Waals surface area (Å²) in [6.45, 7) is 3.92. The summed E-state index contributed by atoms with van der Waals surface area (Å²) in [5.41, 5.74) is 0.935. The van der Waals surface area contributed by atoms with Crippen LogP contribution in [0.2, 0.25) is 0 Å². The molecule has 0 aliphatic carbocycles. The Morgan fingerprint density at radius 2 is 2.00 bits per heavy atom. The second kappa shape index (κ2) is 3.35. The summed E-state index contributed by atoms with van der Waals surface area (Å²) in [5.74, 6) is 0.917. The van der Waals surface area contributed by atoms with Crippen molar-refractivity contribution in [3.8, 4) is 0 Å². The Morgan fingerprint density at radius 1 is 1.36 bits per heavy atom. The molecule has 0 nitrogen and oxygen atoms in total. The second-order valence-corrected chi connectivity index (χ2v) is 3.48. The fourth-order valence-corrected chi connectivity index (χ4v) is 1.52. The van der Waals surface area contributed by atoms with Gasteiger partial charge in [0.25, 0.3) is 0 Å². The Balaban J connectivity index is 3.13. The van der Waals surface area contributed by atoms with Gasteiger partial charge in [0.05, 0.1) is 0 Å². The van der Waals surface area contributed by atoms with Crippen molar-refractivity contribution in [3.05, 3.63) is 40.0 Å². The predicted molar refractivity (Wildman–Crippen MR) is 47.8 cm³/mol. The molecule has 0 aliphatic rings. The minimum atomic E-state index is -0.190. The van der Waals surface area contributed by atoms with Gasteiger partial charge in [-0.2, -0.15) is 0 Å². The van der Waals surface area contributed by atoms with Crippen LogP contribution in [0.4, 0.5) is 4.39 Å². The van der Waals surface area contributed by atoms with E-state index in [1.807, 2.05) is 13.8 Å². The lowest BCUT2D eigenvalue weighted by molar-refractivity contribution is 0.626. The summed E-state index contributed by atoms with van der Waals surface area (Å²) in [4.78, 5) is 0. The third-order valence-corrected chi connectivity index (χ3v) is 2.16. The molecular weight excluding hydrogens is 207 g/mol. The summed E-state index contributed by atoms with van der Waals surface area (Å²) >= 11 is 3.34. The fraction of sp³-hybridized carbons (Fsp3) is 0.222. The van der Waals surface area contributed by atoms with Gasteiger partial charge in [0, 0.05) is 10.4 Å². The van der Waals surface area contributed by atoms with E-state index in [-0.39, 0.29) is 5.82 Å². The molecule has 2 heteroatoms. The van der Waals surface area contributed by atoms with E-state index in [0.29, 0.717) is 0 Å². The Kier molecular flexibility index (Phi) is 2.66. The van der Waals surface area contributed by atoms with Crippen molar-refractivity contribution in [3.63, 3.8) is 0 Å². The molecule has 0 aromatic heterocycles. The third-order valence-electron chi connectivity index (χ3n) is 1.47. The summed E-state index contributed by atoms with van der Waals surface area (Å²) in [5, 5.41) is 0. The molecule has 0 fully saturated rings. The lowest BCUT2D eigenvalue weighted by atomic mass is 10.0. The van der Waals surface area contributed by atoms with E-state index in [2.05, 4.69) is 15.9 Å². The normalized spacial score (nSPS) is 10.6. The van der Waals surface area contributed by atoms with Crippen molar-refractivity contribution in [2.75, 3.05) is 0 Å². The highest BCUT2D eigenvalue weighted by Gasteiger charge is 2.05. The van der Waals surface area contributed by atoms with Gasteiger partial charge in [-0.25, -0.2) is 4.39 Å². The fourth-order valence-electron chi connectivity index (χ4n) is 0.881. The lowest BCUT2D eigenvalue weighted by Crippen LogP contribution is -1.90. The standard InChI is InChI=1S/C9H9BrF/c1-6(2)8-5-7(11)3-4-9(8)10/h3-5H,1-2H3. The quantitative estimate of drug-likeness (QED) is 0.673. The van der Waals surface area contributed by atoms with Crippen LogP contribution in [-0.4, -0.2) is 0 Å². The molecule has 1 aromatic rings. The maximum absolute atomic E-state index is 12.7. The molecule has 0 saturated carbocycles. The van der Waals surface area contributed by atoms with Gasteiger partial charge < -0.3 is 0 Å². The predicted octanol–water partition coefficient (Wildman–Crippen LogP) is 3.55. The molecule has 1 aromatic carbocycles. The molecule has 0 spiro atoms. The molecule has 0 atom stereocenters. The van der Waals surface area contributed by atoms with Gasteiger partial charge in [0.15, 0.2) is 0 Å². The number of halogens is 2. The van der Waals surface area contributed by atoms with Gasteiger partial charge in [0.1, 0.15) is 5.82 Å². The topological polar surface area (TPSA) is 0 Å². The molecule has 59 valence electrons. The van der Waals surface area contributed by atoms with Gasteiger partial charge in [-0.05, 0) is 23.8 Å². The molecule has 1 radical (unpaired) electrons. The van der Waals surface area contributed by atoms with E-state index in [9.17, 15) is 4.39 Å². The zero-order valence-corrected chi connectivity index (χ0v) is 8.07. The minimum Gasteiger partial charge on any atom is -0.207 e. The van der Waals surface area contributed by atoms with Crippen LogP contribution in [0.1, 0.15) is 19.4 Å². The van der Waals surface area contributed by atoms with Crippen LogP contribution in [-0.2, 0) is 0 Å². The first-order valence-corrected chi connectivity index (χ1v) is 4.16. The summed E-state index contributed by atoms with van der Waals surface area (Å²) in [6.07, 6.45) is 0. The van der Waals surface area contributed by atoms with Crippen molar-refractivity contribution in [1.82, 2.24) is 0 Å². The largest absolute Gasteiger partial charge is 0.207 e. The van der Waals surface area contributed by atoms with Crippen LogP contribution >= 0.6 is 15.9 Å². The van der Waals surface area contributed by atoms with Crippen LogP contribution < -0.4 is 0 Å². The van der Waals surface area contributed by atoms with E-state index in [4.69, 9.17) is 0 Å². The molecule has 0 aliphatic heterocycles. The highest BCUT2D eigenvalue weighted by atomic mass is 79.9. The van der Waals surface area contributed by atoms with E-state index in [1.54, 1.807) is 6.07 Å². The molecule has 0 heterocycles. The molecule has 0 amide bonds. The van der Waals surface area contributed by atoms with Crippen molar-refractivity contribution in [2.24, 2.45) is 0 Å². The lowest BCUT2D eigenvalue weighted by Gasteiger charge is -2.06. The molecule has 0 bridgehead atoms. The van der Waals surface area contributed by atoms with Crippen molar-refractivity contribution >= 4 is 15.9 Å². The summed E-state index contributed by atoms with van der Waals surface area (Å²) < 4.78 is 13.6.